The second-order valence-corrected chi connectivity index (χ2v) is 4.02. The molecule has 1 aromatic carbocycles. The van der Waals surface area contributed by atoms with Crippen molar-refractivity contribution in [2.24, 2.45) is 0 Å². The molecular formula is C11H9ClO2S. The second kappa shape index (κ2) is 3.83. The van der Waals surface area contributed by atoms with Gasteiger partial charge in [-0.2, -0.15) is 0 Å². The summed E-state index contributed by atoms with van der Waals surface area (Å²) < 4.78 is 11.1. The van der Waals surface area contributed by atoms with Gasteiger partial charge in [0.25, 0.3) is 0 Å². The first-order valence-corrected chi connectivity index (χ1v) is 5.18. The van der Waals surface area contributed by atoms with E-state index in [1.54, 1.807) is 7.11 Å². The van der Waals surface area contributed by atoms with Crippen LogP contribution in [0.15, 0.2) is 22.8 Å². The van der Waals surface area contributed by atoms with Crippen LogP contribution in [0.1, 0.15) is 5.56 Å². The molecule has 0 saturated carbocycles. The Labute approximate surface area is 97.4 Å². The Kier molecular flexibility index (Phi) is 2.67. The number of methoxy groups -OCH3 is 1. The molecule has 0 aliphatic rings. The molecule has 0 saturated heterocycles. The standard InChI is InChI=1S/C11H9ClO2S/c1-6-3-4-7(12)9-10(6)14-5-8(13-2)11(9)15/h3-5H,1-2H3. The van der Waals surface area contributed by atoms with Crippen molar-refractivity contribution in [1.82, 2.24) is 0 Å². The SMILES string of the molecule is COc1coc2c(C)ccc(Cl)c2c1=S. The molecule has 0 spiro atoms. The topological polar surface area (TPSA) is 22.4 Å². The lowest BCUT2D eigenvalue weighted by Crippen LogP contribution is -1.87. The number of hydrogen-bond acceptors (Lipinski definition) is 3. The molecule has 0 aliphatic carbocycles. The summed E-state index contributed by atoms with van der Waals surface area (Å²) in [6.45, 7) is 1.95. The summed E-state index contributed by atoms with van der Waals surface area (Å²) in [6.07, 6.45) is 1.51. The highest BCUT2D eigenvalue weighted by molar-refractivity contribution is 7.71. The number of aryl methyl sites for hydroxylation is 1. The zero-order valence-electron chi connectivity index (χ0n) is 8.33. The normalized spacial score (nSPS) is 10.6. The average Bonchev–Trinajstić information content (AvgIpc) is 2.23. The van der Waals surface area contributed by atoms with Crippen molar-refractivity contribution in [3.63, 3.8) is 0 Å². The minimum absolute atomic E-state index is 0.532. The third-order valence-corrected chi connectivity index (χ3v) is 2.98. The highest BCUT2D eigenvalue weighted by atomic mass is 35.5. The van der Waals surface area contributed by atoms with Crippen molar-refractivity contribution in [2.45, 2.75) is 6.92 Å². The predicted octanol–water partition coefficient (Wildman–Crippen LogP) is 4.13. The fraction of sp³-hybridized carbons (Fsp3) is 0.182. The Morgan fingerprint density at radius 2 is 2.13 bits per heavy atom. The molecule has 1 aromatic heterocycles. The van der Waals surface area contributed by atoms with E-state index in [4.69, 9.17) is 33.0 Å². The van der Waals surface area contributed by atoms with Gasteiger partial charge < -0.3 is 9.15 Å². The van der Waals surface area contributed by atoms with Gasteiger partial charge in [0.1, 0.15) is 11.8 Å². The van der Waals surface area contributed by atoms with Crippen LogP contribution in [-0.4, -0.2) is 7.11 Å². The first-order chi connectivity index (χ1) is 7.15. The Balaban J connectivity index is 2.99. The summed E-state index contributed by atoms with van der Waals surface area (Å²) in [5.41, 5.74) is 1.72. The van der Waals surface area contributed by atoms with E-state index in [0.29, 0.717) is 20.9 Å². The smallest absolute Gasteiger partial charge is 0.172 e. The molecular weight excluding hydrogens is 232 g/mol. The van der Waals surface area contributed by atoms with E-state index in [2.05, 4.69) is 0 Å². The summed E-state index contributed by atoms with van der Waals surface area (Å²) in [5, 5.41) is 1.33. The Morgan fingerprint density at radius 3 is 2.80 bits per heavy atom. The first-order valence-electron chi connectivity index (χ1n) is 4.39. The van der Waals surface area contributed by atoms with Crippen molar-refractivity contribution >= 4 is 34.8 Å². The van der Waals surface area contributed by atoms with Crippen LogP contribution in [0, 0.1) is 11.4 Å². The molecule has 1 heterocycles. The lowest BCUT2D eigenvalue weighted by Gasteiger charge is -2.06. The molecule has 0 atom stereocenters. The number of hydrogen-bond donors (Lipinski definition) is 0. The molecule has 2 rings (SSSR count). The van der Waals surface area contributed by atoms with Gasteiger partial charge >= 0.3 is 0 Å². The summed E-state index contributed by atoms with van der Waals surface area (Å²) in [4.78, 5) is 0. The summed E-state index contributed by atoms with van der Waals surface area (Å²) in [5.74, 6) is 0.532. The van der Waals surface area contributed by atoms with Crippen LogP contribution < -0.4 is 4.74 Å². The zero-order chi connectivity index (χ0) is 11.0. The zero-order valence-corrected chi connectivity index (χ0v) is 9.91. The lowest BCUT2D eigenvalue weighted by molar-refractivity contribution is 0.396. The highest BCUT2D eigenvalue weighted by Crippen LogP contribution is 2.31. The predicted molar refractivity (Wildman–Crippen MR) is 63.3 cm³/mol. The largest absolute Gasteiger partial charge is 0.492 e. The number of ether oxygens (including phenoxy) is 1. The van der Waals surface area contributed by atoms with Gasteiger partial charge in [0.05, 0.1) is 22.0 Å². The Morgan fingerprint density at radius 1 is 1.40 bits per heavy atom. The van der Waals surface area contributed by atoms with Crippen molar-refractivity contribution in [2.75, 3.05) is 7.11 Å². The first kappa shape index (κ1) is 10.5. The van der Waals surface area contributed by atoms with Crippen LogP contribution in [0.3, 0.4) is 0 Å². The second-order valence-electron chi connectivity index (χ2n) is 3.20. The van der Waals surface area contributed by atoms with Gasteiger partial charge in [-0.3, -0.25) is 0 Å². The van der Waals surface area contributed by atoms with E-state index in [-0.39, 0.29) is 0 Å². The van der Waals surface area contributed by atoms with Gasteiger partial charge in [0, 0.05) is 0 Å². The molecule has 0 aliphatic heterocycles. The van der Waals surface area contributed by atoms with Gasteiger partial charge in [-0.25, -0.2) is 0 Å². The van der Waals surface area contributed by atoms with Gasteiger partial charge in [-0.1, -0.05) is 29.9 Å². The number of fused-ring (bicyclic) bond motifs is 1. The number of benzene rings is 1. The van der Waals surface area contributed by atoms with Crippen LogP contribution >= 0.6 is 23.8 Å². The third kappa shape index (κ3) is 1.62. The molecule has 2 aromatic rings. The van der Waals surface area contributed by atoms with Gasteiger partial charge in [0.15, 0.2) is 5.75 Å². The monoisotopic (exact) mass is 240 g/mol. The third-order valence-electron chi connectivity index (χ3n) is 2.26. The van der Waals surface area contributed by atoms with Gasteiger partial charge in [0.2, 0.25) is 0 Å². The van der Waals surface area contributed by atoms with E-state index >= 15 is 0 Å². The van der Waals surface area contributed by atoms with Gasteiger partial charge in [-0.15, -0.1) is 0 Å². The maximum atomic E-state index is 6.08. The lowest BCUT2D eigenvalue weighted by atomic mass is 10.1. The van der Waals surface area contributed by atoms with Crippen LogP contribution in [-0.2, 0) is 0 Å². The summed E-state index contributed by atoms with van der Waals surface area (Å²) in [6, 6.07) is 3.71. The number of halogens is 1. The Hall–Kier alpha value is -1.06. The van der Waals surface area contributed by atoms with Crippen molar-refractivity contribution in [3.05, 3.63) is 33.5 Å². The molecule has 0 N–H and O–H groups in total. The Bertz CT molecular complexity index is 575. The van der Waals surface area contributed by atoms with Crippen molar-refractivity contribution < 1.29 is 9.15 Å². The molecule has 0 radical (unpaired) electrons. The fourth-order valence-corrected chi connectivity index (χ4v) is 2.09. The van der Waals surface area contributed by atoms with Gasteiger partial charge in [-0.05, 0) is 18.6 Å². The van der Waals surface area contributed by atoms with E-state index in [0.717, 1.165) is 10.9 Å². The van der Waals surface area contributed by atoms with Crippen molar-refractivity contribution in [1.29, 1.82) is 0 Å². The molecule has 0 unspecified atom stereocenters. The van der Waals surface area contributed by atoms with Crippen LogP contribution in [0.25, 0.3) is 11.0 Å². The van der Waals surface area contributed by atoms with Crippen LogP contribution in [0.4, 0.5) is 0 Å². The van der Waals surface area contributed by atoms with E-state index < -0.39 is 0 Å². The maximum absolute atomic E-state index is 6.08. The fourth-order valence-electron chi connectivity index (χ4n) is 1.46. The minimum Gasteiger partial charge on any atom is -0.492 e. The molecule has 0 amide bonds. The average molecular weight is 241 g/mol. The highest BCUT2D eigenvalue weighted by Gasteiger charge is 2.09. The van der Waals surface area contributed by atoms with Crippen LogP contribution in [0.2, 0.25) is 5.02 Å². The van der Waals surface area contributed by atoms with E-state index in [1.165, 1.54) is 6.26 Å². The molecule has 0 fully saturated rings. The minimum atomic E-state index is 0.532. The quantitative estimate of drug-likeness (QED) is 0.700. The maximum Gasteiger partial charge on any atom is 0.172 e. The molecule has 4 heteroatoms. The van der Waals surface area contributed by atoms with Crippen molar-refractivity contribution in [3.8, 4) is 5.75 Å². The molecule has 2 nitrogen and oxygen atoms in total. The van der Waals surface area contributed by atoms with E-state index in [9.17, 15) is 0 Å². The molecule has 78 valence electrons. The van der Waals surface area contributed by atoms with E-state index in [1.807, 2.05) is 19.1 Å². The summed E-state index contributed by atoms with van der Waals surface area (Å²) in [7, 11) is 1.55. The number of rotatable bonds is 1. The summed E-state index contributed by atoms with van der Waals surface area (Å²) >= 11 is 11.4. The van der Waals surface area contributed by atoms with Crippen LogP contribution in [0.5, 0.6) is 5.75 Å². The molecule has 15 heavy (non-hydrogen) atoms. The molecule has 0 bridgehead atoms.